The van der Waals surface area contributed by atoms with Gasteiger partial charge in [0.2, 0.25) is 0 Å². The molecule has 5 heteroatoms. The molecule has 0 aromatic heterocycles. The van der Waals surface area contributed by atoms with Crippen molar-refractivity contribution in [3.63, 3.8) is 0 Å². The van der Waals surface area contributed by atoms with Gasteiger partial charge in [-0.1, -0.05) is 24.0 Å². The first-order valence-corrected chi connectivity index (χ1v) is 7.54. The van der Waals surface area contributed by atoms with E-state index >= 15 is 0 Å². The highest BCUT2D eigenvalue weighted by Gasteiger charge is 2.17. The van der Waals surface area contributed by atoms with Gasteiger partial charge in [0.1, 0.15) is 5.84 Å². The van der Waals surface area contributed by atoms with Gasteiger partial charge in [0.25, 0.3) is 0 Å². The highest BCUT2D eigenvalue weighted by molar-refractivity contribution is 5.95. The number of amidine groups is 1. The first-order valence-electron chi connectivity index (χ1n) is 7.54. The standard InChI is InChI=1S/C12H12N2.C5H11NO2/c13-12(14)11-3-1-2-10(8-11)7-6-9-4-5-9;6-3-5-4-7-1-2-8-5/h1-3,8-9H,4-5H2,(H3,13,14);5H,1-4,6H2. The minimum absolute atomic E-state index is 0.0973. The van der Waals surface area contributed by atoms with E-state index in [4.69, 9.17) is 26.4 Å². The van der Waals surface area contributed by atoms with Crippen LogP contribution in [0, 0.1) is 23.2 Å². The summed E-state index contributed by atoms with van der Waals surface area (Å²) in [6.45, 7) is 2.65. The van der Waals surface area contributed by atoms with Gasteiger partial charge in [-0.2, -0.15) is 0 Å². The lowest BCUT2D eigenvalue weighted by Gasteiger charge is -2.20. The molecule has 5 N–H and O–H groups in total. The molecule has 1 aromatic rings. The van der Waals surface area contributed by atoms with Crippen molar-refractivity contribution in [3.05, 3.63) is 35.4 Å². The van der Waals surface area contributed by atoms with Crippen LogP contribution < -0.4 is 11.5 Å². The van der Waals surface area contributed by atoms with Crippen molar-refractivity contribution in [3.8, 4) is 11.8 Å². The first-order chi connectivity index (χ1) is 10.7. The van der Waals surface area contributed by atoms with Crippen molar-refractivity contribution < 1.29 is 9.47 Å². The van der Waals surface area contributed by atoms with E-state index < -0.39 is 0 Å². The Bertz CT molecular complexity index is 553. The van der Waals surface area contributed by atoms with E-state index in [1.165, 1.54) is 12.8 Å². The Hall–Kier alpha value is -1.87. The lowest BCUT2D eigenvalue weighted by Crippen LogP contribution is -2.34. The van der Waals surface area contributed by atoms with Gasteiger partial charge in [-0.15, -0.1) is 0 Å². The molecule has 1 unspecified atom stereocenters. The number of hydrogen-bond acceptors (Lipinski definition) is 4. The summed E-state index contributed by atoms with van der Waals surface area (Å²) in [7, 11) is 0. The molecule has 0 spiro atoms. The van der Waals surface area contributed by atoms with Gasteiger partial charge in [0.05, 0.1) is 25.9 Å². The number of rotatable bonds is 2. The normalized spacial score (nSPS) is 20.1. The van der Waals surface area contributed by atoms with Crippen LogP contribution in [0.5, 0.6) is 0 Å². The summed E-state index contributed by atoms with van der Waals surface area (Å²) >= 11 is 0. The number of benzene rings is 1. The van der Waals surface area contributed by atoms with Gasteiger partial charge in [0, 0.05) is 23.6 Å². The smallest absolute Gasteiger partial charge is 0.122 e. The minimum atomic E-state index is 0.0973. The third-order valence-corrected chi connectivity index (χ3v) is 3.32. The van der Waals surface area contributed by atoms with Crippen LogP contribution in [0.1, 0.15) is 24.0 Å². The second kappa shape index (κ2) is 8.54. The van der Waals surface area contributed by atoms with Gasteiger partial charge in [-0.3, -0.25) is 5.41 Å². The fourth-order valence-electron chi connectivity index (χ4n) is 1.85. The molecule has 1 atom stereocenters. The van der Waals surface area contributed by atoms with Crippen molar-refractivity contribution in [2.24, 2.45) is 17.4 Å². The number of nitrogen functional groups attached to an aromatic ring is 1. The third kappa shape index (κ3) is 5.86. The molecule has 22 heavy (non-hydrogen) atoms. The lowest BCUT2D eigenvalue weighted by atomic mass is 10.1. The van der Waals surface area contributed by atoms with E-state index in [1.807, 2.05) is 24.3 Å². The Morgan fingerprint density at radius 1 is 1.32 bits per heavy atom. The molecule has 5 nitrogen and oxygen atoms in total. The highest BCUT2D eigenvalue weighted by Crippen LogP contribution is 2.27. The number of nitrogens with two attached hydrogens (primary N) is 2. The average molecular weight is 301 g/mol. The predicted molar refractivity (Wildman–Crippen MR) is 86.7 cm³/mol. The van der Waals surface area contributed by atoms with Gasteiger partial charge in [-0.25, -0.2) is 0 Å². The summed E-state index contributed by atoms with van der Waals surface area (Å²) in [6, 6.07) is 7.51. The van der Waals surface area contributed by atoms with E-state index in [9.17, 15) is 0 Å². The molecule has 118 valence electrons. The van der Waals surface area contributed by atoms with E-state index in [0.717, 1.165) is 17.7 Å². The average Bonchev–Trinajstić information content (AvgIpc) is 3.39. The van der Waals surface area contributed by atoms with Crippen LogP contribution in [0.3, 0.4) is 0 Å². The Kier molecular flexibility index (Phi) is 6.41. The minimum Gasteiger partial charge on any atom is -0.384 e. The maximum absolute atomic E-state index is 7.29. The second-order valence-electron chi connectivity index (χ2n) is 5.34. The Labute approximate surface area is 131 Å². The molecule has 3 rings (SSSR count). The number of nitrogens with one attached hydrogen (secondary N) is 1. The van der Waals surface area contributed by atoms with E-state index in [1.54, 1.807) is 0 Å². The van der Waals surface area contributed by atoms with Crippen LogP contribution in [-0.2, 0) is 9.47 Å². The fraction of sp³-hybridized carbons (Fsp3) is 0.471. The van der Waals surface area contributed by atoms with E-state index in [2.05, 4.69) is 11.8 Å². The molecule has 1 aromatic carbocycles. The maximum Gasteiger partial charge on any atom is 0.122 e. The van der Waals surface area contributed by atoms with Crippen LogP contribution in [-0.4, -0.2) is 38.3 Å². The molecule has 2 aliphatic rings. The topological polar surface area (TPSA) is 94.4 Å². The zero-order valence-electron chi connectivity index (χ0n) is 12.7. The Morgan fingerprint density at radius 2 is 2.14 bits per heavy atom. The molecule has 1 heterocycles. The first kappa shape index (κ1) is 16.5. The fourth-order valence-corrected chi connectivity index (χ4v) is 1.85. The summed E-state index contributed by atoms with van der Waals surface area (Å²) in [4.78, 5) is 0. The third-order valence-electron chi connectivity index (χ3n) is 3.32. The SMILES string of the molecule is N=C(N)c1cccc(C#CC2CC2)c1.NCC1COCCO1. The monoisotopic (exact) mass is 301 g/mol. The molecular formula is C17H23N3O2. The van der Waals surface area contributed by atoms with Crippen LogP contribution >= 0.6 is 0 Å². The van der Waals surface area contributed by atoms with Crippen molar-refractivity contribution in [2.75, 3.05) is 26.4 Å². The van der Waals surface area contributed by atoms with Crippen LogP contribution in [0.2, 0.25) is 0 Å². The molecule has 1 saturated carbocycles. The number of hydrogen-bond donors (Lipinski definition) is 3. The van der Waals surface area contributed by atoms with E-state index in [-0.39, 0.29) is 11.9 Å². The van der Waals surface area contributed by atoms with Crippen molar-refractivity contribution in [1.82, 2.24) is 0 Å². The number of ether oxygens (including phenoxy) is 2. The largest absolute Gasteiger partial charge is 0.384 e. The van der Waals surface area contributed by atoms with E-state index in [0.29, 0.717) is 25.7 Å². The van der Waals surface area contributed by atoms with Crippen molar-refractivity contribution in [1.29, 1.82) is 5.41 Å². The summed E-state index contributed by atoms with van der Waals surface area (Å²) in [5.74, 6) is 6.98. The highest BCUT2D eigenvalue weighted by atomic mass is 16.6. The van der Waals surface area contributed by atoms with Crippen LogP contribution in [0.15, 0.2) is 24.3 Å². The summed E-state index contributed by atoms with van der Waals surface area (Å²) in [5, 5.41) is 7.29. The van der Waals surface area contributed by atoms with Crippen molar-refractivity contribution in [2.45, 2.75) is 18.9 Å². The molecule has 0 radical (unpaired) electrons. The van der Waals surface area contributed by atoms with Crippen LogP contribution in [0.4, 0.5) is 0 Å². The van der Waals surface area contributed by atoms with Gasteiger partial charge < -0.3 is 20.9 Å². The zero-order valence-corrected chi connectivity index (χ0v) is 12.7. The molecule has 2 fully saturated rings. The molecule has 0 bridgehead atoms. The summed E-state index contributed by atoms with van der Waals surface area (Å²) in [6.07, 6.45) is 2.61. The van der Waals surface area contributed by atoms with Crippen LogP contribution in [0.25, 0.3) is 0 Å². The van der Waals surface area contributed by atoms with Gasteiger partial charge >= 0.3 is 0 Å². The second-order valence-corrected chi connectivity index (χ2v) is 5.34. The van der Waals surface area contributed by atoms with Gasteiger partial charge in [0.15, 0.2) is 0 Å². The quantitative estimate of drug-likeness (QED) is 0.433. The molecule has 0 amide bonds. The van der Waals surface area contributed by atoms with Gasteiger partial charge in [-0.05, 0) is 25.0 Å². The molecule has 1 saturated heterocycles. The predicted octanol–water partition coefficient (Wildman–Crippen LogP) is 1.09. The zero-order chi connectivity index (χ0) is 15.8. The lowest BCUT2D eigenvalue weighted by molar-refractivity contribution is -0.0834. The molecule has 1 aliphatic carbocycles. The Morgan fingerprint density at radius 3 is 2.68 bits per heavy atom. The summed E-state index contributed by atoms with van der Waals surface area (Å²) in [5.41, 5.74) is 12.4. The van der Waals surface area contributed by atoms with Crippen molar-refractivity contribution >= 4 is 5.84 Å². The maximum atomic E-state index is 7.29. The molecular weight excluding hydrogens is 278 g/mol. The Balaban J connectivity index is 0.000000188. The molecule has 1 aliphatic heterocycles. The summed E-state index contributed by atoms with van der Waals surface area (Å²) < 4.78 is 10.2.